The zero-order chi connectivity index (χ0) is 16.6. The lowest BCUT2D eigenvalue weighted by atomic mass is 10.4. The van der Waals surface area contributed by atoms with E-state index in [9.17, 15) is 0 Å². The predicted molar refractivity (Wildman–Crippen MR) is 106 cm³/mol. The SMILES string of the molecule is CC.Cc1cn2cc(-c3nc4cn(PI)nc4s3)nc(C)c2n1. The minimum atomic E-state index is 0.596. The third-order valence-corrected chi connectivity index (χ3v) is 5.97. The molecular weight excluding hydrogens is 442 g/mol. The molecule has 0 N–H and O–H groups in total. The number of rotatable bonds is 2. The van der Waals surface area contributed by atoms with Gasteiger partial charge in [0.1, 0.15) is 16.2 Å². The van der Waals surface area contributed by atoms with Crippen LogP contribution in [-0.4, -0.2) is 28.9 Å². The van der Waals surface area contributed by atoms with Crippen LogP contribution in [-0.2, 0) is 0 Å². The Morgan fingerprint density at radius 2 is 1.87 bits per heavy atom. The highest BCUT2D eigenvalue weighted by molar-refractivity contribution is 14.2. The molecule has 6 nitrogen and oxygen atoms in total. The number of halogens is 1. The topological polar surface area (TPSA) is 60.9 Å². The van der Waals surface area contributed by atoms with E-state index in [0.717, 1.165) is 38.1 Å². The first-order chi connectivity index (χ1) is 11.1. The summed E-state index contributed by atoms with van der Waals surface area (Å²) in [5.41, 5.74) is 4.59. The molecule has 4 aromatic rings. The summed E-state index contributed by atoms with van der Waals surface area (Å²) in [5.74, 6) is 0. The molecule has 0 aliphatic heterocycles. The summed E-state index contributed by atoms with van der Waals surface area (Å²) in [6.07, 6.45) is 6.56. The van der Waals surface area contributed by atoms with Crippen LogP contribution in [0.4, 0.5) is 0 Å². The van der Waals surface area contributed by atoms with Gasteiger partial charge in [-0.3, -0.25) is 0 Å². The molecule has 0 saturated carbocycles. The van der Waals surface area contributed by atoms with E-state index in [4.69, 9.17) is 0 Å². The maximum absolute atomic E-state index is 4.65. The van der Waals surface area contributed by atoms with Gasteiger partial charge in [-0.15, -0.1) is 0 Å². The number of hydrogen-bond acceptors (Lipinski definition) is 5. The van der Waals surface area contributed by atoms with Crippen molar-refractivity contribution in [3.8, 4) is 10.7 Å². The highest BCUT2D eigenvalue weighted by Crippen LogP contribution is 2.32. The van der Waals surface area contributed by atoms with Gasteiger partial charge in [0.15, 0.2) is 10.5 Å². The number of aryl methyl sites for hydroxylation is 2. The average molecular weight is 458 g/mol. The summed E-state index contributed by atoms with van der Waals surface area (Å²) in [7, 11) is 0. The third-order valence-electron chi connectivity index (χ3n) is 3.11. The van der Waals surface area contributed by atoms with Gasteiger partial charge < -0.3 is 4.40 Å². The molecule has 4 aromatic heterocycles. The van der Waals surface area contributed by atoms with Crippen molar-refractivity contribution in [3.63, 3.8) is 0 Å². The monoisotopic (exact) mass is 458 g/mol. The van der Waals surface area contributed by atoms with E-state index in [1.54, 1.807) is 11.3 Å². The molecule has 4 rings (SSSR count). The van der Waals surface area contributed by atoms with E-state index < -0.39 is 0 Å². The summed E-state index contributed by atoms with van der Waals surface area (Å²) >= 11 is 3.88. The Bertz CT molecular complexity index is 941. The smallest absolute Gasteiger partial charge is 0.166 e. The van der Waals surface area contributed by atoms with Gasteiger partial charge in [-0.25, -0.2) is 19.4 Å². The van der Waals surface area contributed by atoms with Crippen molar-refractivity contribution in [2.24, 2.45) is 0 Å². The fourth-order valence-electron chi connectivity index (χ4n) is 2.25. The molecule has 0 fully saturated rings. The van der Waals surface area contributed by atoms with Crippen molar-refractivity contribution >= 4 is 55.7 Å². The van der Waals surface area contributed by atoms with Gasteiger partial charge in [-0.05, 0) is 35.9 Å². The van der Waals surface area contributed by atoms with Crippen molar-refractivity contribution in [3.05, 3.63) is 30.0 Å². The van der Waals surface area contributed by atoms with Crippen LogP contribution in [0.15, 0.2) is 18.6 Å². The summed E-state index contributed by atoms with van der Waals surface area (Å²) in [4.78, 5) is 14.7. The first-order valence-corrected chi connectivity index (χ1v) is 12.1. The fraction of sp³-hybridized carbons (Fsp3) is 0.286. The van der Waals surface area contributed by atoms with Crippen molar-refractivity contribution in [2.75, 3.05) is 0 Å². The van der Waals surface area contributed by atoms with E-state index in [-0.39, 0.29) is 0 Å². The third kappa shape index (κ3) is 3.12. The second-order valence-electron chi connectivity index (χ2n) is 4.69. The molecule has 23 heavy (non-hydrogen) atoms. The first-order valence-electron chi connectivity index (χ1n) is 7.20. The molecule has 0 aromatic carbocycles. The fourth-order valence-corrected chi connectivity index (χ4v) is 4.24. The van der Waals surface area contributed by atoms with Gasteiger partial charge in [0.2, 0.25) is 0 Å². The first kappa shape index (κ1) is 16.7. The van der Waals surface area contributed by atoms with E-state index in [1.165, 1.54) is 0 Å². The largest absolute Gasteiger partial charge is 0.303 e. The number of hydrogen-bond donors (Lipinski definition) is 0. The molecule has 0 bridgehead atoms. The number of fused-ring (bicyclic) bond motifs is 2. The van der Waals surface area contributed by atoms with Crippen LogP contribution in [0.2, 0.25) is 0 Å². The maximum atomic E-state index is 4.65. The van der Waals surface area contributed by atoms with E-state index in [2.05, 4.69) is 42.1 Å². The summed E-state index contributed by atoms with van der Waals surface area (Å²) in [6, 6.07) is 0. The van der Waals surface area contributed by atoms with Crippen LogP contribution >= 0.6 is 39.8 Å². The van der Waals surface area contributed by atoms with Crippen LogP contribution in [0.5, 0.6) is 0 Å². The van der Waals surface area contributed by atoms with E-state index in [1.807, 2.05) is 55.1 Å². The van der Waals surface area contributed by atoms with Crippen LogP contribution in [0, 0.1) is 13.8 Å². The van der Waals surface area contributed by atoms with Crippen LogP contribution in [0.25, 0.3) is 26.7 Å². The Labute approximate surface area is 152 Å². The molecule has 0 saturated heterocycles. The van der Waals surface area contributed by atoms with Gasteiger partial charge in [0.25, 0.3) is 0 Å². The Balaban J connectivity index is 0.000000753. The minimum absolute atomic E-state index is 0.596. The van der Waals surface area contributed by atoms with Gasteiger partial charge >= 0.3 is 0 Å². The van der Waals surface area contributed by atoms with Crippen molar-refractivity contribution < 1.29 is 0 Å². The van der Waals surface area contributed by atoms with Crippen molar-refractivity contribution in [1.29, 1.82) is 0 Å². The lowest BCUT2D eigenvalue weighted by Gasteiger charge is -2.01. The minimum Gasteiger partial charge on any atom is -0.303 e. The molecular formula is C14H16IN6PS. The molecule has 0 spiro atoms. The van der Waals surface area contributed by atoms with Gasteiger partial charge in [0, 0.05) is 12.4 Å². The quantitative estimate of drug-likeness (QED) is 0.325. The second kappa shape index (κ2) is 6.78. The Morgan fingerprint density at radius 1 is 1.09 bits per heavy atom. The Hall–Kier alpha value is -1.12. The molecule has 1 atom stereocenters. The number of thiazole rings is 1. The number of aromatic nitrogens is 6. The second-order valence-corrected chi connectivity index (χ2v) is 7.74. The highest BCUT2D eigenvalue weighted by Gasteiger charge is 2.13. The summed E-state index contributed by atoms with van der Waals surface area (Å²) < 4.78 is 3.93. The van der Waals surface area contributed by atoms with Gasteiger partial charge in [-0.1, -0.05) is 25.2 Å². The summed E-state index contributed by atoms with van der Waals surface area (Å²) in [6.45, 7) is 7.96. The van der Waals surface area contributed by atoms with Crippen LogP contribution in [0.3, 0.4) is 0 Å². The van der Waals surface area contributed by atoms with Crippen LogP contribution < -0.4 is 0 Å². The average Bonchev–Trinajstić information content (AvgIpc) is 3.20. The van der Waals surface area contributed by atoms with Gasteiger partial charge in [0.05, 0.1) is 24.0 Å². The number of imidazole rings is 1. The highest BCUT2D eigenvalue weighted by atomic mass is 127. The molecule has 1 unspecified atom stereocenters. The predicted octanol–water partition coefficient (Wildman–Crippen LogP) is 4.64. The normalized spacial score (nSPS) is 11.5. The number of nitrogens with zero attached hydrogens (tertiary/aromatic N) is 6. The standard InChI is InChI=1S/C12H10IN6PS.C2H6/c1-6-3-18-4-8(15-7(2)10(18)14-6)11-16-9-5-19(20-13)17-12(9)21-11;1-2/h3-5,20H,1-2H3;1-2H3. The molecule has 4 heterocycles. The zero-order valence-electron chi connectivity index (χ0n) is 13.2. The van der Waals surface area contributed by atoms with Crippen molar-refractivity contribution in [1.82, 2.24) is 28.9 Å². The van der Waals surface area contributed by atoms with Gasteiger partial charge in [-0.2, -0.15) is 5.10 Å². The lowest BCUT2D eigenvalue weighted by molar-refractivity contribution is 1.04. The van der Waals surface area contributed by atoms with E-state index in [0.29, 0.717) is 6.37 Å². The molecule has 120 valence electrons. The molecule has 9 heteroatoms. The zero-order valence-corrected chi connectivity index (χ0v) is 17.2. The Kier molecular flexibility index (Phi) is 4.93. The Morgan fingerprint density at radius 3 is 2.57 bits per heavy atom. The van der Waals surface area contributed by atoms with Crippen LogP contribution in [0.1, 0.15) is 25.2 Å². The molecule has 0 aliphatic rings. The summed E-state index contributed by atoms with van der Waals surface area (Å²) in [5, 5.41) is 5.39. The van der Waals surface area contributed by atoms with Crippen molar-refractivity contribution in [2.45, 2.75) is 27.7 Å². The molecule has 0 amide bonds. The lowest BCUT2D eigenvalue weighted by Crippen LogP contribution is -1.94. The van der Waals surface area contributed by atoms with E-state index >= 15 is 0 Å². The molecule has 0 radical (unpaired) electrons. The maximum Gasteiger partial charge on any atom is 0.166 e. The molecule has 0 aliphatic carbocycles.